The molecule has 15 heavy (non-hydrogen) atoms. The zero-order chi connectivity index (χ0) is 11.6. The zero-order valence-electron chi connectivity index (χ0n) is 9.91. The third kappa shape index (κ3) is 2.70. The van der Waals surface area contributed by atoms with Crippen LogP contribution >= 0.6 is 0 Å². The lowest BCUT2D eigenvalue weighted by Gasteiger charge is -2.38. The summed E-state index contributed by atoms with van der Waals surface area (Å²) in [7, 11) is 0. The molecule has 0 aliphatic carbocycles. The second-order valence-corrected chi connectivity index (χ2v) is 4.76. The van der Waals surface area contributed by atoms with Crippen molar-refractivity contribution >= 4 is 11.8 Å². The van der Waals surface area contributed by atoms with E-state index < -0.39 is 0 Å². The number of piperazine rings is 1. The lowest BCUT2D eigenvalue weighted by molar-refractivity contribution is -0.148. The summed E-state index contributed by atoms with van der Waals surface area (Å²) in [4.78, 5) is 25.1. The van der Waals surface area contributed by atoms with E-state index >= 15 is 0 Å². The summed E-state index contributed by atoms with van der Waals surface area (Å²) in [6.07, 6.45) is 0.732. The van der Waals surface area contributed by atoms with Gasteiger partial charge < -0.3 is 10.2 Å². The lowest BCUT2D eigenvalue weighted by atomic mass is 9.98. The summed E-state index contributed by atoms with van der Waals surface area (Å²) in [5, 5.41) is 2.64. The Balaban J connectivity index is 2.83. The standard InChI is InChI=1S/C11H20N2O2/c1-7(2)5-9-11(15)12-6-10(14)13(9)8(3)4/h7-9H,5-6H2,1-4H3,(H,12,15). The van der Waals surface area contributed by atoms with Crippen LogP contribution in [0.1, 0.15) is 34.1 Å². The maximum absolute atomic E-state index is 11.7. The number of amides is 2. The van der Waals surface area contributed by atoms with Gasteiger partial charge in [0.2, 0.25) is 11.8 Å². The van der Waals surface area contributed by atoms with Crippen molar-refractivity contribution < 1.29 is 9.59 Å². The van der Waals surface area contributed by atoms with E-state index in [1.807, 2.05) is 13.8 Å². The number of rotatable bonds is 3. The van der Waals surface area contributed by atoms with Crippen LogP contribution in [0.5, 0.6) is 0 Å². The molecule has 4 heteroatoms. The SMILES string of the molecule is CC(C)CC1C(=O)NCC(=O)N1C(C)C. The average molecular weight is 212 g/mol. The van der Waals surface area contributed by atoms with E-state index in [0.717, 1.165) is 6.42 Å². The molecular formula is C11H20N2O2. The van der Waals surface area contributed by atoms with Crippen LogP contribution in [-0.4, -0.2) is 35.3 Å². The molecule has 1 aliphatic rings. The number of carbonyl (C=O) groups is 2. The van der Waals surface area contributed by atoms with E-state index in [4.69, 9.17) is 0 Å². The highest BCUT2D eigenvalue weighted by atomic mass is 16.2. The van der Waals surface area contributed by atoms with Crippen LogP contribution in [0.2, 0.25) is 0 Å². The van der Waals surface area contributed by atoms with Gasteiger partial charge in [0.25, 0.3) is 0 Å². The predicted molar refractivity (Wildman–Crippen MR) is 58.2 cm³/mol. The highest BCUT2D eigenvalue weighted by Crippen LogP contribution is 2.17. The van der Waals surface area contributed by atoms with Gasteiger partial charge >= 0.3 is 0 Å². The predicted octanol–water partition coefficient (Wildman–Crippen LogP) is 0.768. The fourth-order valence-corrected chi connectivity index (χ4v) is 1.99. The molecule has 0 bridgehead atoms. The molecule has 1 N–H and O–H groups in total. The molecule has 1 rings (SSSR count). The molecule has 1 fully saturated rings. The Morgan fingerprint density at radius 1 is 1.33 bits per heavy atom. The quantitative estimate of drug-likeness (QED) is 0.751. The van der Waals surface area contributed by atoms with E-state index in [1.165, 1.54) is 0 Å². The Bertz CT molecular complexity index is 261. The van der Waals surface area contributed by atoms with Gasteiger partial charge in [0.1, 0.15) is 6.04 Å². The van der Waals surface area contributed by atoms with Gasteiger partial charge in [0.05, 0.1) is 6.54 Å². The van der Waals surface area contributed by atoms with Crippen LogP contribution in [0.4, 0.5) is 0 Å². The molecule has 1 unspecified atom stereocenters. The Morgan fingerprint density at radius 3 is 2.40 bits per heavy atom. The second-order valence-electron chi connectivity index (χ2n) is 4.76. The van der Waals surface area contributed by atoms with Crippen LogP contribution in [0.3, 0.4) is 0 Å². The van der Waals surface area contributed by atoms with Crippen molar-refractivity contribution in [1.82, 2.24) is 10.2 Å². The average Bonchev–Trinajstić information content (AvgIpc) is 2.10. The highest BCUT2D eigenvalue weighted by Gasteiger charge is 2.35. The Kier molecular flexibility index (Phi) is 3.72. The molecule has 0 aromatic carbocycles. The number of carbonyl (C=O) groups excluding carboxylic acids is 2. The summed E-state index contributed by atoms with van der Waals surface area (Å²) in [5.74, 6) is 0.417. The summed E-state index contributed by atoms with van der Waals surface area (Å²) in [6.45, 7) is 8.16. The zero-order valence-corrected chi connectivity index (χ0v) is 9.91. The van der Waals surface area contributed by atoms with Crippen molar-refractivity contribution in [3.63, 3.8) is 0 Å². The molecule has 0 spiro atoms. The molecule has 0 saturated carbocycles. The normalized spacial score (nSPS) is 22.5. The number of hydrogen-bond donors (Lipinski definition) is 1. The Hall–Kier alpha value is -1.06. The van der Waals surface area contributed by atoms with Gasteiger partial charge in [-0.2, -0.15) is 0 Å². The highest BCUT2D eigenvalue weighted by molar-refractivity contribution is 5.94. The minimum atomic E-state index is -0.286. The Morgan fingerprint density at radius 2 is 1.93 bits per heavy atom. The lowest BCUT2D eigenvalue weighted by Crippen LogP contribution is -2.60. The van der Waals surface area contributed by atoms with Gasteiger partial charge in [-0.3, -0.25) is 9.59 Å². The second kappa shape index (κ2) is 4.64. The number of nitrogens with one attached hydrogen (secondary N) is 1. The van der Waals surface area contributed by atoms with Gasteiger partial charge in [-0.15, -0.1) is 0 Å². The van der Waals surface area contributed by atoms with Crippen LogP contribution in [-0.2, 0) is 9.59 Å². The molecule has 1 saturated heterocycles. The van der Waals surface area contributed by atoms with E-state index in [0.29, 0.717) is 5.92 Å². The summed E-state index contributed by atoms with van der Waals surface area (Å²) < 4.78 is 0. The third-order valence-electron chi connectivity index (χ3n) is 2.59. The molecule has 4 nitrogen and oxygen atoms in total. The van der Waals surface area contributed by atoms with Gasteiger partial charge in [0, 0.05) is 6.04 Å². The first-order chi connectivity index (χ1) is 6.93. The Labute approximate surface area is 91.0 Å². The molecule has 0 aromatic rings. The molecular weight excluding hydrogens is 192 g/mol. The third-order valence-corrected chi connectivity index (χ3v) is 2.59. The van der Waals surface area contributed by atoms with Crippen molar-refractivity contribution in [2.75, 3.05) is 6.54 Å². The summed E-state index contributed by atoms with van der Waals surface area (Å²) in [5.41, 5.74) is 0. The summed E-state index contributed by atoms with van der Waals surface area (Å²) >= 11 is 0. The first-order valence-electron chi connectivity index (χ1n) is 5.52. The topological polar surface area (TPSA) is 49.4 Å². The first kappa shape index (κ1) is 12.0. The van der Waals surface area contributed by atoms with Crippen molar-refractivity contribution in [3.05, 3.63) is 0 Å². The minimum absolute atomic E-state index is 0.0167. The van der Waals surface area contributed by atoms with Crippen molar-refractivity contribution in [2.45, 2.75) is 46.2 Å². The maximum atomic E-state index is 11.7. The number of nitrogens with zero attached hydrogens (tertiary/aromatic N) is 1. The largest absolute Gasteiger partial charge is 0.345 e. The van der Waals surface area contributed by atoms with Crippen LogP contribution < -0.4 is 5.32 Å². The van der Waals surface area contributed by atoms with Crippen LogP contribution in [0.15, 0.2) is 0 Å². The van der Waals surface area contributed by atoms with Crippen molar-refractivity contribution in [2.24, 2.45) is 5.92 Å². The van der Waals surface area contributed by atoms with Crippen LogP contribution in [0.25, 0.3) is 0 Å². The van der Waals surface area contributed by atoms with Crippen molar-refractivity contribution in [3.8, 4) is 0 Å². The van der Waals surface area contributed by atoms with Crippen molar-refractivity contribution in [1.29, 1.82) is 0 Å². The molecule has 0 aromatic heterocycles. The monoisotopic (exact) mass is 212 g/mol. The van der Waals surface area contributed by atoms with E-state index in [9.17, 15) is 9.59 Å². The van der Waals surface area contributed by atoms with E-state index in [1.54, 1.807) is 4.90 Å². The van der Waals surface area contributed by atoms with E-state index in [-0.39, 0.29) is 30.4 Å². The van der Waals surface area contributed by atoms with Gasteiger partial charge in [-0.1, -0.05) is 13.8 Å². The molecule has 1 heterocycles. The first-order valence-corrected chi connectivity index (χ1v) is 5.52. The smallest absolute Gasteiger partial charge is 0.243 e. The molecule has 86 valence electrons. The van der Waals surface area contributed by atoms with Crippen LogP contribution in [0, 0.1) is 5.92 Å². The molecule has 2 amide bonds. The maximum Gasteiger partial charge on any atom is 0.243 e. The molecule has 0 radical (unpaired) electrons. The van der Waals surface area contributed by atoms with E-state index in [2.05, 4.69) is 19.2 Å². The van der Waals surface area contributed by atoms with Gasteiger partial charge in [-0.05, 0) is 26.2 Å². The minimum Gasteiger partial charge on any atom is -0.345 e. The fraction of sp³-hybridized carbons (Fsp3) is 0.818. The van der Waals surface area contributed by atoms with Gasteiger partial charge in [-0.25, -0.2) is 0 Å². The fourth-order valence-electron chi connectivity index (χ4n) is 1.99. The molecule has 1 atom stereocenters. The number of hydrogen-bond acceptors (Lipinski definition) is 2. The summed E-state index contributed by atoms with van der Waals surface area (Å²) in [6, 6.07) is -0.196. The van der Waals surface area contributed by atoms with Gasteiger partial charge in [0.15, 0.2) is 0 Å². The molecule has 1 aliphatic heterocycles.